The predicted octanol–water partition coefficient (Wildman–Crippen LogP) is 3.65. The molecule has 2 fully saturated rings. The molecule has 0 saturated heterocycles. The second-order valence-electron chi connectivity index (χ2n) is 5.74. The maximum Gasteiger partial charge on any atom is 0.202 e. The van der Waals surface area contributed by atoms with Crippen molar-refractivity contribution in [1.82, 2.24) is 9.36 Å². The summed E-state index contributed by atoms with van der Waals surface area (Å²) in [5, 5.41) is 4.51. The summed E-state index contributed by atoms with van der Waals surface area (Å²) in [5.74, 6) is 3.54. The van der Waals surface area contributed by atoms with Crippen LogP contribution in [0.15, 0.2) is 0 Å². The number of nitrogens with one attached hydrogen (secondary N) is 1. The molecule has 2 saturated carbocycles. The van der Waals surface area contributed by atoms with Gasteiger partial charge in [-0.2, -0.15) is 4.37 Å². The molecule has 4 heteroatoms. The molecule has 3 rings (SSSR count). The Labute approximate surface area is 107 Å². The Morgan fingerprint density at radius 2 is 1.94 bits per heavy atom. The van der Waals surface area contributed by atoms with Gasteiger partial charge in [-0.3, -0.25) is 0 Å². The SMILES string of the molecule is CC1CCC(CNc2nc(C3CC3)ns2)CC1. The van der Waals surface area contributed by atoms with Gasteiger partial charge in [0.15, 0.2) is 0 Å². The van der Waals surface area contributed by atoms with Crippen LogP contribution in [-0.2, 0) is 0 Å². The van der Waals surface area contributed by atoms with E-state index in [1.54, 1.807) is 0 Å². The van der Waals surface area contributed by atoms with Gasteiger partial charge < -0.3 is 5.32 Å². The third-order valence-corrected chi connectivity index (χ3v) is 4.75. The van der Waals surface area contributed by atoms with Gasteiger partial charge in [0.2, 0.25) is 5.13 Å². The van der Waals surface area contributed by atoms with Crippen molar-refractivity contribution in [3.63, 3.8) is 0 Å². The zero-order valence-corrected chi connectivity index (χ0v) is 11.3. The first-order valence-electron chi connectivity index (χ1n) is 6.88. The lowest BCUT2D eigenvalue weighted by Crippen LogP contribution is -2.20. The zero-order chi connectivity index (χ0) is 11.7. The minimum Gasteiger partial charge on any atom is -0.360 e. The average Bonchev–Trinajstić information content (AvgIpc) is 3.09. The van der Waals surface area contributed by atoms with Gasteiger partial charge in [-0.1, -0.05) is 19.8 Å². The molecule has 0 radical (unpaired) electrons. The van der Waals surface area contributed by atoms with E-state index in [1.807, 2.05) is 0 Å². The van der Waals surface area contributed by atoms with Crippen LogP contribution in [-0.4, -0.2) is 15.9 Å². The topological polar surface area (TPSA) is 37.8 Å². The maximum atomic E-state index is 4.57. The summed E-state index contributed by atoms with van der Waals surface area (Å²) in [6, 6.07) is 0. The second-order valence-corrected chi connectivity index (χ2v) is 6.49. The number of rotatable bonds is 4. The van der Waals surface area contributed by atoms with Gasteiger partial charge in [0.25, 0.3) is 0 Å². The van der Waals surface area contributed by atoms with Gasteiger partial charge in [0.1, 0.15) is 5.82 Å². The summed E-state index contributed by atoms with van der Waals surface area (Å²) < 4.78 is 4.42. The molecule has 17 heavy (non-hydrogen) atoms. The highest BCUT2D eigenvalue weighted by Gasteiger charge is 2.28. The van der Waals surface area contributed by atoms with Crippen LogP contribution in [0, 0.1) is 11.8 Å². The normalized spacial score (nSPS) is 29.2. The Kier molecular flexibility index (Phi) is 3.32. The molecule has 2 aliphatic rings. The van der Waals surface area contributed by atoms with Gasteiger partial charge in [-0.15, -0.1) is 0 Å². The molecule has 1 aromatic rings. The molecular weight excluding hydrogens is 230 g/mol. The molecule has 3 nitrogen and oxygen atoms in total. The second kappa shape index (κ2) is 4.92. The molecule has 0 atom stereocenters. The summed E-state index contributed by atoms with van der Waals surface area (Å²) in [7, 11) is 0. The third kappa shape index (κ3) is 2.97. The fourth-order valence-electron chi connectivity index (χ4n) is 2.58. The van der Waals surface area contributed by atoms with Crippen LogP contribution in [0.2, 0.25) is 0 Å². The first-order chi connectivity index (χ1) is 8.31. The molecular formula is C13H21N3S. The lowest BCUT2D eigenvalue weighted by Gasteiger charge is -2.25. The van der Waals surface area contributed by atoms with Crippen molar-refractivity contribution in [2.24, 2.45) is 11.8 Å². The molecule has 1 N–H and O–H groups in total. The van der Waals surface area contributed by atoms with E-state index in [-0.39, 0.29) is 0 Å². The Balaban J connectivity index is 1.46. The quantitative estimate of drug-likeness (QED) is 0.887. The smallest absolute Gasteiger partial charge is 0.202 e. The molecule has 0 spiro atoms. The van der Waals surface area contributed by atoms with Gasteiger partial charge in [0, 0.05) is 24.0 Å². The number of hydrogen-bond donors (Lipinski definition) is 1. The average molecular weight is 251 g/mol. The van der Waals surface area contributed by atoms with Crippen LogP contribution >= 0.6 is 11.5 Å². The van der Waals surface area contributed by atoms with E-state index in [2.05, 4.69) is 21.6 Å². The van der Waals surface area contributed by atoms with Gasteiger partial charge in [-0.05, 0) is 37.5 Å². The summed E-state index contributed by atoms with van der Waals surface area (Å²) in [4.78, 5) is 4.57. The molecule has 0 unspecified atom stereocenters. The van der Waals surface area contributed by atoms with Crippen molar-refractivity contribution in [2.75, 3.05) is 11.9 Å². The Bertz CT molecular complexity index is 364. The van der Waals surface area contributed by atoms with Crippen LogP contribution in [0.1, 0.15) is 57.2 Å². The lowest BCUT2D eigenvalue weighted by molar-refractivity contribution is 0.300. The lowest BCUT2D eigenvalue weighted by atomic mass is 9.83. The molecule has 1 heterocycles. The van der Waals surface area contributed by atoms with E-state index in [0.717, 1.165) is 29.3 Å². The van der Waals surface area contributed by atoms with Crippen molar-refractivity contribution < 1.29 is 0 Å². The standard InChI is InChI=1S/C13H21N3S/c1-9-2-4-10(5-3-9)8-14-13-15-12(16-17-13)11-6-7-11/h9-11H,2-8H2,1H3,(H,14,15,16). The fourth-order valence-corrected chi connectivity index (χ4v) is 3.23. The number of hydrogen-bond acceptors (Lipinski definition) is 4. The van der Waals surface area contributed by atoms with Gasteiger partial charge >= 0.3 is 0 Å². The summed E-state index contributed by atoms with van der Waals surface area (Å²) in [6.07, 6.45) is 8.13. The highest BCUT2D eigenvalue weighted by Crippen LogP contribution is 2.39. The van der Waals surface area contributed by atoms with E-state index in [4.69, 9.17) is 0 Å². The number of aromatic nitrogens is 2. The highest BCUT2D eigenvalue weighted by atomic mass is 32.1. The molecule has 1 aromatic heterocycles. The first kappa shape index (κ1) is 11.5. The molecule has 0 aliphatic heterocycles. The monoisotopic (exact) mass is 251 g/mol. The predicted molar refractivity (Wildman–Crippen MR) is 71.5 cm³/mol. The van der Waals surface area contributed by atoms with Crippen LogP contribution in [0.3, 0.4) is 0 Å². The van der Waals surface area contributed by atoms with Crippen molar-refractivity contribution >= 4 is 16.7 Å². The Morgan fingerprint density at radius 3 is 2.65 bits per heavy atom. The van der Waals surface area contributed by atoms with Gasteiger partial charge in [-0.25, -0.2) is 4.98 Å². The fraction of sp³-hybridized carbons (Fsp3) is 0.846. The van der Waals surface area contributed by atoms with Crippen LogP contribution in [0.5, 0.6) is 0 Å². The minimum absolute atomic E-state index is 0.678. The van der Waals surface area contributed by atoms with Gasteiger partial charge in [0.05, 0.1) is 0 Å². The first-order valence-corrected chi connectivity index (χ1v) is 7.66. The van der Waals surface area contributed by atoms with E-state index < -0.39 is 0 Å². The highest BCUT2D eigenvalue weighted by molar-refractivity contribution is 7.09. The third-order valence-electron chi connectivity index (χ3n) is 4.06. The zero-order valence-electron chi connectivity index (χ0n) is 10.5. The van der Waals surface area contributed by atoms with Crippen LogP contribution < -0.4 is 5.32 Å². The van der Waals surface area contributed by atoms with Crippen LogP contribution in [0.25, 0.3) is 0 Å². The minimum atomic E-state index is 0.678. The molecule has 0 aromatic carbocycles. The summed E-state index contributed by atoms with van der Waals surface area (Å²) in [5.41, 5.74) is 0. The summed E-state index contributed by atoms with van der Waals surface area (Å²) >= 11 is 1.53. The Morgan fingerprint density at radius 1 is 1.18 bits per heavy atom. The van der Waals surface area contributed by atoms with E-state index in [9.17, 15) is 0 Å². The largest absolute Gasteiger partial charge is 0.360 e. The van der Waals surface area contributed by atoms with Crippen molar-refractivity contribution in [3.8, 4) is 0 Å². The van der Waals surface area contributed by atoms with E-state index in [1.165, 1.54) is 50.1 Å². The van der Waals surface area contributed by atoms with E-state index in [0.29, 0.717) is 5.92 Å². The van der Waals surface area contributed by atoms with Crippen molar-refractivity contribution in [2.45, 2.75) is 51.4 Å². The molecule has 0 amide bonds. The molecule has 94 valence electrons. The maximum absolute atomic E-state index is 4.57. The number of nitrogens with zero attached hydrogens (tertiary/aromatic N) is 2. The van der Waals surface area contributed by atoms with Crippen molar-refractivity contribution in [1.29, 1.82) is 0 Å². The molecule has 2 aliphatic carbocycles. The summed E-state index contributed by atoms with van der Waals surface area (Å²) in [6.45, 7) is 3.46. The van der Waals surface area contributed by atoms with E-state index >= 15 is 0 Å². The van der Waals surface area contributed by atoms with Crippen molar-refractivity contribution in [3.05, 3.63) is 5.82 Å². The Hall–Kier alpha value is -0.640. The number of anilines is 1. The van der Waals surface area contributed by atoms with Crippen LogP contribution in [0.4, 0.5) is 5.13 Å². The molecule has 0 bridgehead atoms.